The molecule has 3 rings (SSSR count). The highest BCUT2D eigenvalue weighted by Gasteiger charge is 2.26. The number of hydrogen-bond donors (Lipinski definition) is 1. The largest absolute Gasteiger partial charge is 0.394 e. The molecule has 108 valence electrons. The van der Waals surface area contributed by atoms with Gasteiger partial charge in [-0.05, 0) is 25.5 Å². The summed E-state index contributed by atoms with van der Waals surface area (Å²) >= 11 is 0. The fourth-order valence-corrected chi connectivity index (χ4v) is 2.73. The van der Waals surface area contributed by atoms with Crippen LogP contribution in [-0.4, -0.2) is 51.3 Å². The molecule has 0 spiro atoms. The van der Waals surface area contributed by atoms with Crippen molar-refractivity contribution in [3.63, 3.8) is 0 Å². The number of aryl methyl sites for hydroxylation is 1. The Kier molecular flexibility index (Phi) is 3.74. The van der Waals surface area contributed by atoms with Crippen molar-refractivity contribution in [3.05, 3.63) is 35.8 Å². The predicted octanol–water partition coefficient (Wildman–Crippen LogP) is 1.22. The number of rotatable bonds is 3. The molecule has 2 unspecified atom stereocenters. The van der Waals surface area contributed by atoms with Gasteiger partial charge in [-0.25, -0.2) is 4.98 Å². The van der Waals surface area contributed by atoms with Gasteiger partial charge in [0.15, 0.2) is 0 Å². The van der Waals surface area contributed by atoms with Gasteiger partial charge in [-0.2, -0.15) is 0 Å². The molecule has 0 bridgehead atoms. The van der Waals surface area contributed by atoms with E-state index in [0.29, 0.717) is 12.6 Å². The lowest BCUT2D eigenvalue weighted by molar-refractivity contribution is -0.0809. The molecular weight excluding hydrogens is 254 g/mol. The zero-order valence-electron chi connectivity index (χ0n) is 12.0. The van der Waals surface area contributed by atoms with Gasteiger partial charge in [-0.1, -0.05) is 6.07 Å². The molecule has 1 saturated heterocycles. The van der Waals surface area contributed by atoms with Gasteiger partial charge >= 0.3 is 0 Å². The van der Waals surface area contributed by atoms with Gasteiger partial charge in [-0.15, -0.1) is 0 Å². The van der Waals surface area contributed by atoms with Crippen LogP contribution in [0.25, 0.3) is 5.65 Å². The second kappa shape index (κ2) is 5.52. The first kappa shape index (κ1) is 13.5. The first-order valence-electron chi connectivity index (χ1n) is 7.07. The van der Waals surface area contributed by atoms with Gasteiger partial charge in [0, 0.05) is 25.3 Å². The molecule has 3 heterocycles. The minimum Gasteiger partial charge on any atom is -0.394 e. The third-order valence-corrected chi connectivity index (χ3v) is 4.01. The van der Waals surface area contributed by atoms with E-state index in [0.717, 1.165) is 18.7 Å². The summed E-state index contributed by atoms with van der Waals surface area (Å²) in [5.41, 5.74) is 3.37. The maximum absolute atomic E-state index is 9.26. The predicted molar refractivity (Wildman–Crippen MR) is 76.6 cm³/mol. The molecule has 2 aromatic rings. The van der Waals surface area contributed by atoms with Gasteiger partial charge in [0.1, 0.15) is 5.65 Å². The standard InChI is InChI=1S/C15H21N3O2/c1-11-4-3-5-18-13(6-16-15(11)18)7-17-8-14(9-19)20-10-12(17)2/h3-6,12,14,19H,7-10H2,1-2H3. The Morgan fingerprint density at radius 3 is 3.15 bits per heavy atom. The molecule has 0 radical (unpaired) electrons. The Bertz CT molecular complexity index is 596. The first-order chi connectivity index (χ1) is 9.69. The SMILES string of the molecule is Cc1cccn2c(CN3CC(CO)OCC3C)cnc12. The van der Waals surface area contributed by atoms with Crippen LogP contribution in [0, 0.1) is 6.92 Å². The Morgan fingerprint density at radius 1 is 1.50 bits per heavy atom. The van der Waals surface area contributed by atoms with Crippen LogP contribution in [0.2, 0.25) is 0 Å². The number of ether oxygens (including phenoxy) is 1. The van der Waals surface area contributed by atoms with Gasteiger partial charge < -0.3 is 14.2 Å². The van der Waals surface area contributed by atoms with Crippen molar-refractivity contribution in [2.75, 3.05) is 19.8 Å². The maximum atomic E-state index is 9.26. The highest BCUT2D eigenvalue weighted by Crippen LogP contribution is 2.17. The number of aliphatic hydroxyl groups excluding tert-OH is 1. The Morgan fingerprint density at radius 2 is 2.35 bits per heavy atom. The fraction of sp³-hybridized carbons (Fsp3) is 0.533. The normalized spacial score (nSPS) is 24.4. The number of aromatic nitrogens is 2. The van der Waals surface area contributed by atoms with Crippen molar-refractivity contribution >= 4 is 5.65 Å². The molecule has 1 aliphatic rings. The summed E-state index contributed by atoms with van der Waals surface area (Å²) < 4.78 is 7.73. The Balaban J connectivity index is 1.83. The van der Waals surface area contributed by atoms with Gasteiger partial charge in [-0.3, -0.25) is 4.90 Å². The van der Waals surface area contributed by atoms with Crippen molar-refractivity contribution in [2.24, 2.45) is 0 Å². The average Bonchev–Trinajstić information content (AvgIpc) is 2.86. The van der Waals surface area contributed by atoms with Crippen molar-refractivity contribution in [1.29, 1.82) is 0 Å². The van der Waals surface area contributed by atoms with E-state index >= 15 is 0 Å². The van der Waals surface area contributed by atoms with E-state index in [-0.39, 0.29) is 12.7 Å². The summed E-state index contributed by atoms with van der Waals surface area (Å²) in [6.45, 7) is 6.56. The number of pyridine rings is 1. The lowest BCUT2D eigenvalue weighted by Crippen LogP contribution is -2.48. The Labute approximate surface area is 118 Å². The van der Waals surface area contributed by atoms with Gasteiger partial charge in [0.25, 0.3) is 0 Å². The van der Waals surface area contributed by atoms with E-state index in [2.05, 4.69) is 40.4 Å². The molecular formula is C15H21N3O2. The van der Waals surface area contributed by atoms with E-state index in [1.165, 1.54) is 11.3 Å². The quantitative estimate of drug-likeness (QED) is 0.915. The lowest BCUT2D eigenvalue weighted by Gasteiger charge is -2.37. The maximum Gasteiger partial charge on any atom is 0.139 e. The molecule has 1 N–H and O–H groups in total. The molecule has 1 fully saturated rings. The summed E-state index contributed by atoms with van der Waals surface area (Å²) in [4.78, 5) is 6.85. The zero-order valence-corrected chi connectivity index (χ0v) is 12.0. The number of fused-ring (bicyclic) bond motifs is 1. The zero-order chi connectivity index (χ0) is 14.1. The summed E-state index contributed by atoms with van der Waals surface area (Å²) in [5, 5.41) is 9.26. The van der Waals surface area contributed by atoms with E-state index in [9.17, 15) is 5.11 Å². The molecule has 2 aromatic heterocycles. The minimum absolute atomic E-state index is 0.0767. The molecule has 5 heteroatoms. The smallest absolute Gasteiger partial charge is 0.139 e. The van der Waals surface area contributed by atoms with Crippen molar-refractivity contribution in [2.45, 2.75) is 32.5 Å². The van der Waals surface area contributed by atoms with Crippen LogP contribution < -0.4 is 0 Å². The number of morpholine rings is 1. The van der Waals surface area contributed by atoms with Crippen molar-refractivity contribution in [1.82, 2.24) is 14.3 Å². The van der Waals surface area contributed by atoms with Crippen LogP contribution in [0.1, 0.15) is 18.2 Å². The highest BCUT2D eigenvalue weighted by molar-refractivity contribution is 5.48. The molecule has 20 heavy (non-hydrogen) atoms. The second-order valence-electron chi connectivity index (χ2n) is 5.55. The molecule has 1 aliphatic heterocycles. The molecule has 0 aliphatic carbocycles. The average molecular weight is 275 g/mol. The first-order valence-corrected chi connectivity index (χ1v) is 7.07. The number of nitrogens with zero attached hydrogens (tertiary/aromatic N) is 3. The molecule has 0 amide bonds. The third kappa shape index (κ3) is 2.44. The highest BCUT2D eigenvalue weighted by atomic mass is 16.5. The summed E-state index contributed by atoms with van der Waals surface area (Å²) in [6.07, 6.45) is 3.92. The van der Waals surface area contributed by atoms with Crippen molar-refractivity contribution < 1.29 is 9.84 Å². The van der Waals surface area contributed by atoms with E-state index in [1.54, 1.807) is 0 Å². The molecule has 5 nitrogen and oxygen atoms in total. The second-order valence-corrected chi connectivity index (χ2v) is 5.55. The van der Waals surface area contributed by atoms with E-state index in [1.807, 2.05) is 12.3 Å². The minimum atomic E-state index is -0.0767. The topological polar surface area (TPSA) is 50.0 Å². The van der Waals surface area contributed by atoms with E-state index < -0.39 is 0 Å². The van der Waals surface area contributed by atoms with Crippen LogP contribution in [0.4, 0.5) is 0 Å². The summed E-state index contributed by atoms with van der Waals surface area (Å²) in [7, 11) is 0. The van der Waals surface area contributed by atoms with Crippen LogP contribution in [0.5, 0.6) is 0 Å². The third-order valence-electron chi connectivity index (χ3n) is 4.01. The Hall–Kier alpha value is -1.43. The molecule has 0 saturated carbocycles. The van der Waals surface area contributed by atoms with Crippen LogP contribution in [0.3, 0.4) is 0 Å². The van der Waals surface area contributed by atoms with Crippen LogP contribution in [-0.2, 0) is 11.3 Å². The lowest BCUT2D eigenvalue weighted by atomic mass is 10.2. The molecule has 2 atom stereocenters. The van der Waals surface area contributed by atoms with Crippen molar-refractivity contribution in [3.8, 4) is 0 Å². The van der Waals surface area contributed by atoms with Gasteiger partial charge in [0.2, 0.25) is 0 Å². The van der Waals surface area contributed by atoms with Crippen LogP contribution in [0.15, 0.2) is 24.5 Å². The monoisotopic (exact) mass is 275 g/mol. The number of imidazole rings is 1. The van der Waals surface area contributed by atoms with Crippen LogP contribution >= 0.6 is 0 Å². The number of aliphatic hydroxyl groups is 1. The molecule has 0 aromatic carbocycles. The number of hydrogen-bond acceptors (Lipinski definition) is 4. The van der Waals surface area contributed by atoms with E-state index in [4.69, 9.17) is 4.74 Å². The summed E-state index contributed by atoms with van der Waals surface area (Å²) in [5.74, 6) is 0. The van der Waals surface area contributed by atoms with Gasteiger partial charge in [0.05, 0.1) is 31.2 Å². The fourth-order valence-electron chi connectivity index (χ4n) is 2.73. The summed E-state index contributed by atoms with van der Waals surface area (Å²) in [6, 6.07) is 4.48.